The van der Waals surface area contributed by atoms with Crippen LogP contribution in [0.2, 0.25) is 0 Å². The average molecular weight is 536 g/mol. The number of aliphatic hydroxyl groups excluding tert-OH is 6. The van der Waals surface area contributed by atoms with Crippen LogP contribution in [-0.2, 0) is 9.47 Å². The molecule has 8 N–H and O–H groups in total. The largest absolute Gasteiger partial charge is 0.394 e. The fraction of sp³-hybridized carbons (Fsp3) is 1.00. The zero-order chi connectivity index (χ0) is 27.6. The van der Waals surface area contributed by atoms with Gasteiger partial charge < -0.3 is 45.8 Å². The Hall–Kier alpha value is -0.360. The Balaban J connectivity index is 1.94. The highest BCUT2D eigenvalue weighted by Crippen LogP contribution is 2.24. The number of rotatable bonds is 22. The highest BCUT2D eigenvalue weighted by atomic mass is 16.7. The van der Waals surface area contributed by atoms with Crippen LogP contribution in [0.25, 0.3) is 0 Å². The van der Waals surface area contributed by atoms with Crippen molar-refractivity contribution in [2.24, 2.45) is 5.73 Å². The first-order valence-electron chi connectivity index (χ1n) is 14.8. The molecular formula is C28H57NO8. The van der Waals surface area contributed by atoms with Crippen molar-refractivity contribution in [3.8, 4) is 0 Å². The van der Waals surface area contributed by atoms with Gasteiger partial charge in [0.25, 0.3) is 0 Å². The minimum atomic E-state index is -1.48. The maximum atomic E-state index is 10.4. The molecule has 1 aliphatic rings. The van der Waals surface area contributed by atoms with Gasteiger partial charge in [0, 0.05) is 6.04 Å². The lowest BCUT2D eigenvalue weighted by molar-refractivity contribution is -0.315. The Bertz CT molecular complexity index is 538. The summed E-state index contributed by atoms with van der Waals surface area (Å²) < 4.78 is 10.9. The van der Waals surface area contributed by atoms with E-state index in [1.54, 1.807) is 6.92 Å². The van der Waals surface area contributed by atoms with Gasteiger partial charge in [-0.25, -0.2) is 0 Å². The maximum Gasteiger partial charge on any atom is 0.187 e. The van der Waals surface area contributed by atoms with Crippen LogP contribution in [0.15, 0.2) is 0 Å². The van der Waals surface area contributed by atoms with Gasteiger partial charge in [-0.2, -0.15) is 0 Å². The second-order valence-electron chi connectivity index (χ2n) is 11.1. The van der Waals surface area contributed by atoms with E-state index in [1.807, 2.05) is 6.92 Å². The number of unbranched alkanes of at least 4 members (excludes halogenated alkanes) is 13. The van der Waals surface area contributed by atoms with E-state index in [1.165, 1.54) is 64.2 Å². The molecule has 0 aromatic rings. The summed E-state index contributed by atoms with van der Waals surface area (Å²) in [5.74, 6) is 0. The van der Waals surface area contributed by atoms with Gasteiger partial charge in [0.1, 0.15) is 24.4 Å². The average Bonchev–Trinajstić information content (AvgIpc) is 2.88. The van der Waals surface area contributed by atoms with Crippen LogP contribution < -0.4 is 5.73 Å². The highest BCUT2D eigenvalue weighted by molar-refractivity contribution is 4.89. The molecule has 1 saturated heterocycles. The molecule has 0 amide bonds. The predicted molar refractivity (Wildman–Crippen MR) is 144 cm³/mol. The molecule has 1 rings (SSSR count). The summed E-state index contributed by atoms with van der Waals surface area (Å²) in [5, 5.41) is 59.1. The van der Waals surface area contributed by atoms with Gasteiger partial charge in [-0.05, 0) is 26.7 Å². The molecule has 1 heterocycles. The summed E-state index contributed by atoms with van der Waals surface area (Å²) >= 11 is 0. The maximum absolute atomic E-state index is 10.4. The van der Waals surface area contributed by atoms with Crippen LogP contribution >= 0.6 is 0 Å². The van der Waals surface area contributed by atoms with E-state index in [4.69, 9.17) is 15.2 Å². The topological polar surface area (TPSA) is 166 Å². The smallest absolute Gasteiger partial charge is 0.187 e. The van der Waals surface area contributed by atoms with Gasteiger partial charge in [0.15, 0.2) is 6.29 Å². The van der Waals surface area contributed by atoms with Crippen molar-refractivity contribution in [1.29, 1.82) is 0 Å². The van der Waals surface area contributed by atoms with E-state index in [0.29, 0.717) is 6.42 Å². The second-order valence-corrected chi connectivity index (χ2v) is 11.1. The van der Waals surface area contributed by atoms with Gasteiger partial charge in [-0.1, -0.05) is 89.9 Å². The molecule has 1 aliphatic heterocycles. The predicted octanol–water partition coefficient (Wildman–Crippen LogP) is 2.50. The standard InChI is InChI=1S/C28H57NO8/c1-20(29)22(31)17-15-13-11-9-7-5-3-4-6-8-10-12-14-16-18-23(32)21(2)36-28-27(35)26(34)25(33)24(19-30)37-28/h20-28,30-35H,3-19,29H2,1-2H3/t20-,21+,22-,23-,24-,25+,26+,27+,28-/m0/s1. The van der Waals surface area contributed by atoms with Gasteiger partial charge >= 0.3 is 0 Å². The number of ether oxygens (including phenoxy) is 2. The van der Waals surface area contributed by atoms with Crippen molar-refractivity contribution < 1.29 is 40.1 Å². The highest BCUT2D eigenvalue weighted by Gasteiger charge is 2.44. The van der Waals surface area contributed by atoms with E-state index in [0.717, 1.165) is 32.1 Å². The van der Waals surface area contributed by atoms with Crippen molar-refractivity contribution in [3.63, 3.8) is 0 Å². The van der Waals surface area contributed by atoms with Crippen molar-refractivity contribution in [1.82, 2.24) is 0 Å². The third-order valence-electron chi connectivity index (χ3n) is 7.60. The quantitative estimate of drug-likeness (QED) is 0.103. The third kappa shape index (κ3) is 14.6. The fourth-order valence-corrected chi connectivity index (χ4v) is 4.81. The zero-order valence-corrected chi connectivity index (χ0v) is 23.3. The van der Waals surface area contributed by atoms with E-state index in [2.05, 4.69) is 0 Å². The lowest BCUT2D eigenvalue weighted by Crippen LogP contribution is -2.60. The fourth-order valence-electron chi connectivity index (χ4n) is 4.81. The monoisotopic (exact) mass is 535 g/mol. The summed E-state index contributed by atoms with van der Waals surface area (Å²) in [5.41, 5.74) is 5.67. The van der Waals surface area contributed by atoms with Crippen LogP contribution in [0.5, 0.6) is 0 Å². The molecule has 0 saturated carbocycles. The third-order valence-corrected chi connectivity index (χ3v) is 7.60. The Labute approximate surface area is 224 Å². The van der Waals surface area contributed by atoms with Gasteiger partial charge in [0.05, 0.1) is 24.9 Å². The molecule has 0 radical (unpaired) electrons. The molecular weight excluding hydrogens is 478 g/mol. The Morgan fingerprint density at radius 1 is 0.649 bits per heavy atom. The number of hydrogen-bond acceptors (Lipinski definition) is 9. The van der Waals surface area contributed by atoms with Crippen LogP contribution in [0.1, 0.15) is 117 Å². The number of aliphatic hydroxyl groups is 6. The van der Waals surface area contributed by atoms with E-state index < -0.39 is 49.5 Å². The molecule has 0 bridgehead atoms. The molecule has 9 heteroatoms. The molecule has 1 fully saturated rings. The van der Waals surface area contributed by atoms with Crippen LogP contribution in [0.3, 0.4) is 0 Å². The molecule has 0 unspecified atom stereocenters. The zero-order valence-electron chi connectivity index (χ0n) is 23.3. The molecule has 0 spiro atoms. The van der Waals surface area contributed by atoms with Crippen molar-refractivity contribution in [2.75, 3.05) is 6.61 Å². The summed E-state index contributed by atoms with van der Waals surface area (Å²) in [6, 6.07) is -0.127. The first-order valence-corrected chi connectivity index (χ1v) is 14.8. The lowest BCUT2D eigenvalue weighted by Gasteiger charge is -2.41. The van der Waals surface area contributed by atoms with Gasteiger partial charge in [-0.3, -0.25) is 0 Å². The molecule has 0 aromatic carbocycles. The summed E-state index contributed by atoms with van der Waals surface area (Å²) in [7, 11) is 0. The SMILES string of the molecule is C[C@H](N)[C@@H](O)CCCCCCCCCCCCCCCC[C@H](O)[C@@H](C)O[C@H]1O[C@@H](CO)[C@@H](O)[C@@H](O)[C@H]1O. The molecule has 9 nitrogen and oxygen atoms in total. The van der Waals surface area contributed by atoms with Crippen LogP contribution in [0.4, 0.5) is 0 Å². The molecule has 0 aliphatic carbocycles. The first-order chi connectivity index (χ1) is 17.7. The summed E-state index contributed by atoms with van der Waals surface area (Å²) in [4.78, 5) is 0. The molecule has 9 atom stereocenters. The number of hydrogen-bond donors (Lipinski definition) is 7. The Kier molecular flexibility index (Phi) is 19.2. The Morgan fingerprint density at radius 2 is 1.05 bits per heavy atom. The Morgan fingerprint density at radius 3 is 1.46 bits per heavy atom. The molecule has 37 heavy (non-hydrogen) atoms. The van der Waals surface area contributed by atoms with Crippen molar-refractivity contribution in [3.05, 3.63) is 0 Å². The lowest BCUT2D eigenvalue weighted by atomic mass is 9.99. The van der Waals surface area contributed by atoms with Crippen LogP contribution in [0, 0.1) is 0 Å². The van der Waals surface area contributed by atoms with E-state index in [9.17, 15) is 30.6 Å². The summed E-state index contributed by atoms with van der Waals surface area (Å²) in [6.45, 7) is 3.03. The van der Waals surface area contributed by atoms with Gasteiger partial charge in [-0.15, -0.1) is 0 Å². The first kappa shape index (κ1) is 34.7. The van der Waals surface area contributed by atoms with Crippen molar-refractivity contribution in [2.45, 2.75) is 172 Å². The van der Waals surface area contributed by atoms with E-state index >= 15 is 0 Å². The minimum Gasteiger partial charge on any atom is -0.394 e. The molecule has 222 valence electrons. The normalized spacial score (nSPS) is 27.6. The van der Waals surface area contributed by atoms with Crippen LogP contribution in [-0.4, -0.2) is 92.3 Å². The molecule has 0 aromatic heterocycles. The second kappa shape index (κ2) is 20.5. The van der Waals surface area contributed by atoms with E-state index in [-0.39, 0.29) is 12.1 Å². The minimum absolute atomic E-state index is 0.127. The summed E-state index contributed by atoms with van der Waals surface area (Å²) in [6.07, 6.45) is 9.91. The number of nitrogens with two attached hydrogens (primary N) is 1. The van der Waals surface area contributed by atoms with Crippen molar-refractivity contribution >= 4 is 0 Å². The van der Waals surface area contributed by atoms with Gasteiger partial charge in [0.2, 0.25) is 0 Å².